The number of halogens is 1. The Kier molecular flexibility index (Phi) is 3.42. The van der Waals surface area contributed by atoms with Crippen LogP contribution in [0.3, 0.4) is 0 Å². The van der Waals surface area contributed by atoms with E-state index in [-0.39, 0.29) is 12.4 Å². The molecule has 0 atom stereocenters. The van der Waals surface area contributed by atoms with Gasteiger partial charge in [0, 0.05) is 5.39 Å². The predicted octanol–water partition coefficient (Wildman–Crippen LogP) is 2.99. The lowest BCUT2D eigenvalue weighted by molar-refractivity contribution is 0.0523. The van der Waals surface area contributed by atoms with Gasteiger partial charge in [-0.3, -0.25) is 0 Å². The second kappa shape index (κ2) is 4.87. The lowest BCUT2D eigenvalue weighted by Crippen LogP contribution is -2.32. The molecule has 2 aromatic rings. The summed E-state index contributed by atoms with van der Waals surface area (Å²) in [6.07, 6.45) is -0.556. The van der Waals surface area contributed by atoms with Crippen molar-refractivity contribution >= 4 is 17.1 Å². The van der Waals surface area contributed by atoms with E-state index in [2.05, 4.69) is 10.5 Å². The number of hydrogen-bond donors (Lipinski definition) is 1. The standard InChI is InChI=1S/C13H15FN2O3/c1-13(2,3)18-12(17)15-7-10-9-6-8(14)4-5-11(9)19-16-10/h4-6H,7H2,1-3H3,(H,15,17). The molecule has 0 saturated heterocycles. The third-order valence-corrected chi connectivity index (χ3v) is 2.31. The van der Waals surface area contributed by atoms with E-state index in [0.29, 0.717) is 16.7 Å². The number of carbonyl (C=O) groups is 1. The van der Waals surface area contributed by atoms with E-state index in [9.17, 15) is 9.18 Å². The van der Waals surface area contributed by atoms with Crippen LogP contribution in [0.4, 0.5) is 9.18 Å². The Morgan fingerprint density at radius 3 is 2.89 bits per heavy atom. The van der Waals surface area contributed by atoms with Crippen LogP contribution < -0.4 is 5.32 Å². The quantitative estimate of drug-likeness (QED) is 0.907. The number of amides is 1. The zero-order chi connectivity index (χ0) is 14.0. The first-order chi connectivity index (χ1) is 8.85. The Balaban J connectivity index is 2.06. The van der Waals surface area contributed by atoms with Gasteiger partial charge in [-0.1, -0.05) is 5.16 Å². The van der Waals surface area contributed by atoms with Gasteiger partial charge in [-0.15, -0.1) is 0 Å². The number of nitrogens with zero attached hydrogens (tertiary/aromatic N) is 1. The number of hydrogen-bond acceptors (Lipinski definition) is 4. The molecular formula is C13H15FN2O3. The van der Waals surface area contributed by atoms with Crippen molar-refractivity contribution in [3.63, 3.8) is 0 Å². The van der Waals surface area contributed by atoms with Gasteiger partial charge in [-0.25, -0.2) is 9.18 Å². The van der Waals surface area contributed by atoms with Crippen molar-refractivity contribution in [2.75, 3.05) is 0 Å². The Morgan fingerprint density at radius 1 is 1.47 bits per heavy atom. The van der Waals surface area contributed by atoms with Gasteiger partial charge in [0.15, 0.2) is 5.58 Å². The van der Waals surface area contributed by atoms with Crippen molar-refractivity contribution in [1.29, 1.82) is 0 Å². The van der Waals surface area contributed by atoms with Gasteiger partial charge < -0.3 is 14.6 Å². The molecule has 2 rings (SSSR count). The van der Waals surface area contributed by atoms with E-state index in [0.717, 1.165) is 0 Å². The summed E-state index contributed by atoms with van der Waals surface area (Å²) >= 11 is 0. The monoisotopic (exact) mass is 266 g/mol. The first-order valence-corrected chi connectivity index (χ1v) is 5.86. The molecule has 1 N–H and O–H groups in total. The maximum Gasteiger partial charge on any atom is 0.407 e. The molecule has 0 saturated carbocycles. The first-order valence-electron chi connectivity index (χ1n) is 5.86. The van der Waals surface area contributed by atoms with Crippen molar-refractivity contribution in [3.05, 3.63) is 29.7 Å². The van der Waals surface area contributed by atoms with E-state index in [1.54, 1.807) is 20.8 Å². The maximum atomic E-state index is 13.1. The number of aromatic nitrogens is 1. The zero-order valence-electron chi connectivity index (χ0n) is 11.0. The number of ether oxygens (including phenoxy) is 1. The topological polar surface area (TPSA) is 64.4 Å². The zero-order valence-corrected chi connectivity index (χ0v) is 11.0. The van der Waals surface area contributed by atoms with Crippen LogP contribution in [0, 0.1) is 5.82 Å². The summed E-state index contributed by atoms with van der Waals surface area (Å²) in [5.74, 6) is -0.380. The molecule has 0 aliphatic heterocycles. The average molecular weight is 266 g/mol. The number of nitrogens with one attached hydrogen (secondary N) is 1. The molecule has 0 fully saturated rings. The largest absolute Gasteiger partial charge is 0.444 e. The van der Waals surface area contributed by atoms with Crippen LogP contribution >= 0.6 is 0 Å². The molecule has 1 aromatic carbocycles. The van der Waals surface area contributed by atoms with Crippen LogP contribution in [-0.4, -0.2) is 16.9 Å². The molecule has 1 heterocycles. The Morgan fingerprint density at radius 2 is 2.21 bits per heavy atom. The third-order valence-electron chi connectivity index (χ3n) is 2.31. The smallest absolute Gasteiger partial charge is 0.407 e. The molecule has 0 aliphatic carbocycles. The molecule has 1 aromatic heterocycles. The number of benzene rings is 1. The molecule has 0 bridgehead atoms. The molecular weight excluding hydrogens is 251 g/mol. The van der Waals surface area contributed by atoms with Gasteiger partial charge in [0.25, 0.3) is 0 Å². The van der Waals surface area contributed by atoms with E-state index in [4.69, 9.17) is 9.26 Å². The minimum absolute atomic E-state index is 0.116. The van der Waals surface area contributed by atoms with Crippen molar-refractivity contribution in [2.24, 2.45) is 0 Å². The van der Waals surface area contributed by atoms with Crippen molar-refractivity contribution in [2.45, 2.75) is 32.9 Å². The molecule has 19 heavy (non-hydrogen) atoms. The van der Waals surface area contributed by atoms with Crippen LogP contribution in [0.15, 0.2) is 22.7 Å². The highest BCUT2D eigenvalue weighted by atomic mass is 19.1. The fourth-order valence-electron chi connectivity index (χ4n) is 1.56. The molecule has 1 amide bonds. The van der Waals surface area contributed by atoms with E-state index in [1.165, 1.54) is 18.2 Å². The molecule has 0 aliphatic rings. The molecule has 0 radical (unpaired) electrons. The highest BCUT2D eigenvalue weighted by Crippen LogP contribution is 2.19. The minimum atomic E-state index is -0.567. The van der Waals surface area contributed by atoms with Crippen LogP contribution in [0.25, 0.3) is 11.0 Å². The van der Waals surface area contributed by atoms with Crippen molar-refractivity contribution in [1.82, 2.24) is 10.5 Å². The van der Waals surface area contributed by atoms with Gasteiger partial charge in [-0.2, -0.15) is 0 Å². The minimum Gasteiger partial charge on any atom is -0.444 e. The van der Waals surface area contributed by atoms with Crippen LogP contribution in [-0.2, 0) is 11.3 Å². The van der Waals surface area contributed by atoms with Gasteiger partial charge in [0.05, 0.1) is 6.54 Å². The summed E-state index contributed by atoms with van der Waals surface area (Å²) in [4.78, 5) is 11.5. The number of carbonyl (C=O) groups excluding carboxylic acids is 1. The Bertz CT molecular complexity index is 601. The SMILES string of the molecule is CC(C)(C)OC(=O)NCc1noc2ccc(F)cc12. The lowest BCUT2D eigenvalue weighted by Gasteiger charge is -2.19. The predicted molar refractivity (Wildman–Crippen MR) is 67.0 cm³/mol. The van der Waals surface area contributed by atoms with Crippen LogP contribution in [0.1, 0.15) is 26.5 Å². The fraction of sp³-hybridized carbons (Fsp3) is 0.385. The van der Waals surface area contributed by atoms with Gasteiger partial charge in [-0.05, 0) is 39.0 Å². The van der Waals surface area contributed by atoms with Gasteiger partial charge in [0.1, 0.15) is 17.1 Å². The molecule has 0 spiro atoms. The second-order valence-electron chi connectivity index (χ2n) is 5.13. The Labute approximate surface area is 109 Å². The van der Waals surface area contributed by atoms with E-state index < -0.39 is 11.7 Å². The summed E-state index contributed by atoms with van der Waals surface area (Å²) in [5.41, 5.74) is 0.366. The second-order valence-corrected chi connectivity index (χ2v) is 5.13. The van der Waals surface area contributed by atoms with Gasteiger partial charge >= 0.3 is 6.09 Å². The number of rotatable bonds is 2. The molecule has 6 heteroatoms. The van der Waals surface area contributed by atoms with Crippen molar-refractivity contribution < 1.29 is 18.4 Å². The summed E-state index contributed by atoms with van der Waals surface area (Å²) in [6.45, 7) is 5.43. The third kappa shape index (κ3) is 3.43. The maximum absolute atomic E-state index is 13.1. The fourth-order valence-corrected chi connectivity index (χ4v) is 1.56. The average Bonchev–Trinajstić information content (AvgIpc) is 2.66. The van der Waals surface area contributed by atoms with Gasteiger partial charge in [0.2, 0.25) is 0 Å². The van der Waals surface area contributed by atoms with E-state index in [1.807, 2.05) is 0 Å². The normalized spacial score (nSPS) is 11.6. The molecule has 5 nitrogen and oxygen atoms in total. The summed E-state index contributed by atoms with van der Waals surface area (Å²) in [5, 5.41) is 6.88. The lowest BCUT2D eigenvalue weighted by atomic mass is 10.2. The molecule has 102 valence electrons. The number of alkyl carbamates (subject to hydrolysis) is 1. The molecule has 0 unspecified atom stereocenters. The summed E-state index contributed by atoms with van der Waals surface area (Å²) in [6, 6.07) is 4.10. The van der Waals surface area contributed by atoms with Crippen LogP contribution in [0.2, 0.25) is 0 Å². The van der Waals surface area contributed by atoms with E-state index >= 15 is 0 Å². The highest BCUT2D eigenvalue weighted by Gasteiger charge is 2.17. The van der Waals surface area contributed by atoms with Crippen LogP contribution in [0.5, 0.6) is 0 Å². The first kappa shape index (κ1) is 13.3. The number of fused-ring (bicyclic) bond motifs is 1. The van der Waals surface area contributed by atoms with Crippen molar-refractivity contribution in [3.8, 4) is 0 Å². The highest BCUT2D eigenvalue weighted by molar-refractivity contribution is 5.79. The summed E-state index contributed by atoms with van der Waals surface area (Å²) in [7, 11) is 0. The Hall–Kier alpha value is -2.11. The summed E-state index contributed by atoms with van der Waals surface area (Å²) < 4.78 is 23.3.